The number of rotatable bonds is 4. The van der Waals surface area contributed by atoms with E-state index in [0.29, 0.717) is 33.0 Å². The molecule has 0 saturated carbocycles. The van der Waals surface area contributed by atoms with Gasteiger partial charge in [0.1, 0.15) is 5.82 Å². The van der Waals surface area contributed by atoms with Gasteiger partial charge in [0.05, 0.1) is 21.5 Å². The molecular formula is C22H13ClIN3O3. The lowest BCUT2D eigenvalue weighted by molar-refractivity contribution is -0.384. The van der Waals surface area contributed by atoms with Gasteiger partial charge in [0.25, 0.3) is 11.2 Å². The number of non-ortho nitro benzene ring substituents is 1. The zero-order valence-electron chi connectivity index (χ0n) is 15.3. The number of hydrogen-bond donors (Lipinski definition) is 0. The lowest BCUT2D eigenvalue weighted by atomic mass is 10.2. The second kappa shape index (κ2) is 8.37. The number of nitro benzene ring substituents is 1. The molecule has 0 saturated heterocycles. The molecule has 1 heterocycles. The largest absolute Gasteiger partial charge is 0.270 e. The maximum atomic E-state index is 13.3. The molecule has 0 aliphatic rings. The summed E-state index contributed by atoms with van der Waals surface area (Å²) in [5.41, 5.74) is 1.61. The van der Waals surface area contributed by atoms with Crippen molar-refractivity contribution in [3.8, 4) is 5.69 Å². The number of aromatic nitrogens is 2. The van der Waals surface area contributed by atoms with Gasteiger partial charge in [-0.1, -0.05) is 29.8 Å². The molecule has 0 aliphatic carbocycles. The first kappa shape index (κ1) is 20.2. The first-order valence-corrected chi connectivity index (χ1v) is 10.3. The van der Waals surface area contributed by atoms with E-state index >= 15 is 0 Å². The number of benzene rings is 3. The van der Waals surface area contributed by atoms with Crippen molar-refractivity contribution in [2.24, 2.45) is 0 Å². The Morgan fingerprint density at radius 2 is 1.80 bits per heavy atom. The van der Waals surface area contributed by atoms with Crippen LogP contribution >= 0.6 is 34.2 Å². The Hall–Kier alpha value is -3.04. The van der Waals surface area contributed by atoms with Crippen LogP contribution in [0.25, 0.3) is 28.7 Å². The van der Waals surface area contributed by atoms with Gasteiger partial charge in [0, 0.05) is 20.7 Å². The number of nitro groups is 1. The Morgan fingerprint density at radius 3 is 2.53 bits per heavy atom. The molecule has 0 atom stereocenters. The van der Waals surface area contributed by atoms with E-state index in [-0.39, 0.29) is 11.2 Å². The van der Waals surface area contributed by atoms with Crippen molar-refractivity contribution >= 4 is 62.9 Å². The summed E-state index contributed by atoms with van der Waals surface area (Å²) < 4.78 is 2.43. The Morgan fingerprint density at radius 1 is 1.03 bits per heavy atom. The fourth-order valence-corrected chi connectivity index (χ4v) is 3.66. The smallest absolute Gasteiger partial charge is 0.268 e. The molecule has 0 unspecified atom stereocenters. The fraction of sp³-hybridized carbons (Fsp3) is 0. The Balaban J connectivity index is 1.91. The van der Waals surface area contributed by atoms with Crippen molar-refractivity contribution in [2.75, 3.05) is 0 Å². The van der Waals surface area contributed by atoms with Crippen molar-refractivity contribution in [3.05, 3.63) is 107 Å². The third-order valence-corrected chi connectivity index (χ3v) is 5.37. The molecule has 0 bridgehead atoms. The van der Waals surface area contributed by atoms with E-state index in [1.54, 1.807) is 60.7 Å². The van der Waals surface area contributed by atoms with E-state index < -0.39 is 4.92 Å². The van der Waals surface area contributed by atoms with E-state index in [4.69, 9.17) is 11.6 Å². The molecule has 0 amide bonds. The number of fused-ring (bicyclic) bond motifs is 1. The number of nitrogens with zero attached hydrogens (tertiary/aromatic N) is 3. The van der Waals surface area contributed by atoms with Gasteiger partial charge >= 0.3 is 0 Å². The summed E-state index contributed by atoms with van der Waals surface area (Å²) in [5.74, 6) is 0.405. The molecule has 0 spiro atoms. The summed E-state index contributed by atoms with van der Waals surface area (Å²) in [6, 6.07) is 18.6. The molecule has 4 aromatic rings. The van der Waals surface area contributed by atoms with E-state index in [1.165, 1.54) is 16.7 Å². The second-order valence-electron chi connectivity index (χ2n) is 6.43. The summed E-state index contributed by atoms with van der Waals surface area (Å²) in [7, 11) is 0. The minimum Gasteiger partial charge on any atom is -0.268 e. The molecule has 6 nitrogen and oxygen atoms in total. The van der Waals surface area contributed by atoms with Gasteiger partial charge in [-0.3, -0.25) is 19.5 Å². The normalized spacial score (nSPS) is 11.3. The standard InChI is InChI=1S/C22H13ClIN3O3/c23-15-5-8-17(9-6-15)26-21(11-4-14-2-1-3-18(12-14)27(29)30)25-20-10-7-16(24)13-19(20)22(26)28/h1-13H/b11-4+. The first-order chi connectivity index (χ1) is 14.4. The van der Waals surface area contributed by atoms with E-state index in [0.717, 1.165) is 3.57 Å². The second-order valence-corrected chi connectivity index (χ2v) is 8.12. The SMILES string of the molecule is O=c1c2cc(I)ccc2nc(/C=C/c2cccc([N+](=O)[O-])c2)n1-c1ccc(Cl)cc1. The van der Waals surface area contributed by atoms with Crippen molar-refractivity contribution < 1.29 is 4.92 Å². The van der Waals surface area contributed by atoms with Crippen LogP contribution in [0.5, 0.6) is 0 Å². The van der Waals surface area contributed by atoms with Gasteiger partial charge < -0.3 is 0 Å². The molecule has 0 radical (unpaired) electrons. The molecule has 1 aromatic heterocycles. The van der Waals surface area contributed by atoms with Crippen LogP contribution in [0.15, 0.2) is 71.5 Å². The van der Waals surface area contributed by atoms with Gasteiger partial charge in [-0.05, 0) is 76.7 Å². The molecule has 30 heavy (non-hydrogen) atoms. The summed E-state index contributed by atoms with van der Waals surface area (Å²) in [4.78, 5) is 28.5. The van der Waals surface area contributed by atoms with Crippen LogP contribution < -0.4 is 5.56 Å². The average Bonchev–Trinajstić information content (AvgIpc) is 2.74. The molecule has 0 aliphatic heterocycles. The first-order valence-electron chi connectivity index (χ1n) is 8.83. The maximum Gasteiger partial charge on any atom is 0.270 e. The van der Waals surface area contributed by atoms with Gasteiger partial charge in [-0.2, -0.15) is 0 Å². The summed E-state index contributed by atoms with van der Waals surface area (Å²) in [5, 5.41) is 12.1. The van der Waals surface area contributed by atoms with Crippen LogP contribution in [0, 0.1) is 13.7 Å². The van der Waals surface area contributed by atoms with Crippen molar-refractivity contribution in [1.82, 2.24) is 9.55 Å². The molecule has 4 rings (SSSR count). The molecular weight excluding hydrogens is 517 g/mol. The molecule has 148 valence electrons. The Kier molecular flexibility index (Phi) is 5.65. The van der Waals surface area contributed by atoms with Crippen molar-refractivity contribution in [2.45, 2.75) is 0 Å². The fourth-order valence-electron chi connectivity index (χ4n) is 3.04. The summed E-state index contributed by atoms with van der Waals surface area (Å²) >= 11 is 8.16. The number of halogens is 2. The highest BCUT2D eigenvalue weighted by atomic mass is 127. The van der Waals surface area contributed by atoms with Crippen LogP contribution in [-0.2, 0) is 0 Å². The van der Waals surface area contributed by atoms with Crippen molar-refractivity contribution in [1.29, 1.82) is 0 Å². The minimum absolute atomic E-state index is 0.00622. The predicted molar refractivity (Wildman–Crippen MR) is 127 cm³/mol. The van der Waals surface area contributed by atoms with Gasteiger partial charge in [-0.15, -0.1) is 0 Å². The number of hydrogen-bond acceptors (Lipinski definition) is 4. The van der Waals surface area contributed by atoms with Gasteiger partial charge in [0.15, 0.2) is 0 Å². The molecule has 3 aromatic carbocycles. The van der Waals surface area contributed by atoms with E-state index in [9.17, 15) is 14.9 Å². The van der Waals surface area contributed by atoms with Crippen LogP contribution in [0.1, 0.15) is 11.4 Å². The minimum atomic E-state index is -0.448. The topological polar surface area (TPSA) is 78.0 Å². The van der Waals surface area contributed by atoms with E-state index in [1.807, 2.05) is 6.07 Å². The van der Waals surface area contributed by atoms with Gasteiger partial charge in [-0.25, -0.2) is 4.98 Å². The highest BCUT2D eigenvalue weighted by Crippen LogP contribution is 2.20. The zero-order valence-corrected chi connectivity index (χ0v) is 18.2. The lowest BCUT2D eigenvalue weighted by Gasteiger charge is -2.12. The van der Waals surface area contributed by atoms with Crippen LogP contribution in [0.4, 0.5) is 5.69 Å². The molecule has 0 fully saturated rings. The van der Waals surface area contributed by atoms with Crippen molar-refractivity contribution in [3.63, 3.8) is 0 Å². The Labute approximate surface area is 189 Å². The van der Waals surface area contributed by atoms with Crippen LogP contribution in [0.2, 0.25) is 5.02 Å². The lowest BCUT2D eigenvalue weighted by Crippen LogP contribution is -2.22. The highest BCUT2D eigenvalue weighted by Gasteiger charge is 2.12. The van der Waals surface area contributed by atoms with E-state index in [2.05, 4.69) is 27.6 Å². The summed E-state index contributed by atoms with van der Waals surface area (Å²) in [6.07, 6.45) is 3.37. The van der Waals surface area contributed by atoms with Crippen LogP contribution in [0.3, 0.4) is 0 Å². The predicted octanol–water partition coefficient (Wildman–Crippen LogP) is 5.72. The maximum absolute atomic E-state index is 13.3. The Bertz CT molecular complexity index is 1360. The third-order valence-electron chi connectivity index (χ3n) is 4.45. The highest BCUT2D eigenvalue weighted by molar-refractivity contribution is 14.1. The average molecular weight is 530 g/mol. The van der Waals surface area contributed by atoms with Gasteiger partial charge in [0.2, 0.25) is 0 Å². The molecule has 0 N–H and O–H groups in total. The van der Waals surface area contributed by atoms with Crippen LogP contribution in [-0.4, -0.2) is 14.5 Å². The quantitative estimate of drug-likeness (QED) is 0.192. The summed E-state index contributed by atoms with van der Waals surface area (Å²) in [6.45, 7) is 0. The zero-order chi connectivity index (χ0) is 21.3. The molecule has 8 heteroatoms. The third kappa shape index (κ3) is 4.12. The monoisotopic (exact) mass is 529 g/mol.